The zero-order valence-corrected chi connectivity index (χ0v) is 15.1. The third-order valence-electron chi connectivity index (χ3n) is 4.71. The zero-order valence-electron chi connectivity index (χ0n) is 15.1. The highest BCUT2D eigenvalue weighted by atomic mass is 16.3. The van der Waals surface area contributed by atoms with E-state index in [1.54, 1.807) is 18.2 Å². The van der Waals surface area contributed by atoms with Crippen molar-refractivity contribution in [1.82, 2.24) is 9.55 Å². The molecule has 4 nitrogen and oxygen atoms in total. The van der Waals surface area contributed by atoms with Gasteiger partial charge in [-0.15, -0.1) is 0 Å². The third kappa shape index (κ3) is 3.42. The van der Waals surface area contributed by atoms with Crippen LogP contribution in [-0.2, 0) is 6.54 Å². The lowest BCUT2D eigenvalue weighted by Gasteiger charge is -2.15. The third-order valence-corrected chi connectivity index (χ3v) is 4.71. The van der Waals surface area contributed by atoms with Gasteiger partial charge in [0, 0.05) is 17.0 Å². The van der Waals surface area contributed by atoms with Crippen molar-refractivity contribution in [3.05, 3.63) is 90.1 Å². The molecule has 2 heterocycles. The summed E-state index contributed by atoms with van der Waals surface area (Å²) in [5, 5.41) is 9.63. The first-order valence-corrected chi connectivity index (χ1v) is 8.88. The number of nitrogen functional groups attached to an aromatic ring is 1. The summed E-state index contributed by atoms with van der Waals surface area (Å²) in [5.41, 5.74) is 12.4. The van der Waals surface area contributed by atoms with E-state index in [0.717, 1.165) is 22.6 Å². The van der Waals surface area contributed by atoms with E-state index in [0.29, 0.717) is 12.4 Å². The van der Waals surface area contributed by atoms with Gasteiger partial charge >= 0.3 is 0 Å². The van der Waals surface area contributed by atoms with Crippen LogP contribution in [0.2, 0.25) is 0 Å². The van der Waals surface area contributed by atoms with Crippen LogP contribution in [-0.4, -0.2) is 14.7 Å². The van der Waals surface area contributed by atoms with Gasteiger partial charge < -0.3 is 15.4 Å². The summed E-state index contributed by atoms with van der Waals surface area (Å²) < 4.78 is 2.25. The molecule has 0 saturated heterocycles. The van der Waals surface area contributed by atoms with Crippen LogP contribution < -0.4 is 5.73 Å². The monoisotopic (exact) mass is 355 g/mol. The normalized spacial score (nSPS) is 10.9. The lowest BCUT2D eigenvalue weighted by molar-refractivity contribution is 0.475. The highest BCUT2D eigenvalue weighted by Gasteiger charge is 2.14. The van der Waals surface area contributed by atoms with Crippen molar-refractivity contribution in [1.29, 1.82) is 0 Å². The molecular weight excluding hydrogens is 334 g/mol. The first-order valence-electron chi connectivity index (χ1n) is 8.88. The lowest BCUT2D eigenvalue weighted by atomic mass is 10.1. The van der Waals surface area contributed by atoms with E-state index in [1.165, 1.54) is 11.1 Å². The average Bonchev–Trinajstić information content (AvgIpc) is 3.06. The van der Waals surface area contributed by atoms with E-state index < -0.39 is 0 Å². The van der Waals surface area contributed by atoms with Gasteiger partial charge in [-0.2, -0.15) is 0 Å². The summed E-state index contributed by atoms with van der Waals surface area (Å²) in [4.78, 5) is 4.47. The number of aryl methyl sites for hydroxylation is 1. The molecule has 0 saturated carbocycles. The molecule has 2 aromatic heterocycles. The number of hydrogen-bond donors (Lipinski definition) is 2. The second kappa shape index (κ2) is 7.00. The van der Waals surface area contributed by atoms with Crippen molar-refractivity contribution >= 4 is 5.82 Å². The molecule has 27 heavy (non-hydrogen) atoms. The van der Waals surface area contributed by atoms with Gasteiger partial charge in [-0.05, 0) is 66.6 Å². The summed E-state index contributed by atoms with van der Waals surface area (Å²) in [6.45, 7) is 2.73. The topological polar surface area (TPSA) is 64.1 Å². The second-order valence-corrected chi connectivity index (χ2v) is 6.61. The van der Waals surface area contributed by atoms with Crippen LogP contribution in [0.5, 0.6) is 5.75 Å². The Labute approximate surface area is 158 Å². The molecule has 0 spiro atoms. The number of phenolic OH excluding ortho intramolecular Hbond substituents is 1. The minimum Gasteiger partial charge on any atom is -0.508 e. The molecule has 0 fully saturated rings. The van der Waals surface area contributed by atoms with Crippen molar-refractivity contribution in [3.8, 4) is 28.3 Å². The van der Waals surface area contributed by atoms with Crippen molar-refractivity contribution in [3.63, 3.8) is 0 Å². The number of aromatic hydroxyl groups is 1. The molecule has 2 aromatic carbocycles. The van der Waals surface area contributed by atoms with Gasteiger partial charge in [0.1, 0.15) is 11.6 Å². The molecule has 0 unspecified atom stereocenters. The lowest BCUT2D eigenvalue weighted by Crippen LogP contribution is -2.06. The molecule has 4 aromatic rings. The second-order valence-electron chi connectivity index (χ2n) is 6.61. The summed E-state index contributed by atoms with van der Waals surface area (Å²) in [6, 6.07) is 25.6. The molecule has 0 bridgehead atoms. The summed E-state index contributed by atoms with van der Waals surface area (Å²) in [5.74, 6) is 0.775. The Hall–Kier alpha value is -3.53. The van der Waals surface area contributed by atoms with Gasteiger partial charge in [0.2, 0.25) is 0 Å². The molecule has 134 valence electrons. The fourth-order valence-corrected chi connectivity index (χ4v) is 3.37. The SMILES string of the molecule is Cc1ccccc1-c1ccc(-c2ccc(O)cc2)n1Cc1cccc(N)n1. The first-order chi connectivity index (χ1) is 13.1. The minimum absolute atomic E-state index is 0.258. The molecule has 0 amide bonds. The van der Waals surface area contributed by atoms with Crippen molar-refractivity contribution < 1.29 is 5.11 Å². The van der Waals surface area contributed by atoms with Gasteiger partial charge in [-0.1, -0.05) is 30.3 Å². The maximum atomic E-state index is 9.63. The van der Waals surface area contributed by atoms with Crippen LogP contribution in [0.3, 0.4) is 0 Å². The number of benzene rings is 2. The highest BCUT2D eigenvalue weighted by molar-refractivity contribution is 5.72. The molecule has 4 rings (SSSR count). The Balaban J connectivity index is 1.87. The molecule has 4 heteroatoms. The predicted molar refractivity (Wildman–Crippen MR) is 109 cm³/mol. The maximum Gasteiger partial charge on any atom is 0.123 e. The fraction of sp³-hybridized carbons (Fsp3) is 0.0870. The molecule has 0 radical (unpaired) electrons. The van der Waals surface area contributed by atoms with E-state index in [9.17, 15) is 5.11 Å². The van der Waals surface area contributed by atoms with Crippen molar-refractivity contribution in [2.45, 2.75) is 13.5 Å². The first kappa shape index (κ1) is 16.9. The van der Waals surface area contributed by atoms with E-state index in [4.69, 9.17) is 5.73 Å². The van der Waals surface area contributed by atoms with Gasteiger partial charge in [0.05, 0.1) is 12.2 Å². The molecule has 0 atom stereocenters. The van der Waals surface area contributed by atoms with Gasteiger partial charge in [0.15, 0.2) is 0 Å². The number of nitrogens with zero attached hydrogens (tertiary/aromatic N) is 2. The van der Waals surface area contributed by atoms with E-state index in [1.807, 2.05) is 30.3 Å². The molecular formula is C23H21N3O. The van der Waals surface area contributed by atoms with Crippen LogP contribution >= 0.6 is 0 Å². The standard InChI is InChI=1S/C23H21N3O/c1-16-5-2-3-7-20(16)22-14-13-21(17-9-11-19(27)12-10-17)26(22)15-18-6-4-8-23(24)25-18/h2-14,27H,15H2,1H3,(H2,24,25). The van der Waals surface area contributed by atoms with Crippen molar-refractivity contribution in [2.24, 2.45) is 0 Å². The number of hydrogen-bond acceptors (Lipinski definition) is 3. The Kier molecular flexibility index (Phi) is 4.38. The van der Waals surface area contributed by atoms with Crippen LogP contribution in [0.1, 0.15) is 11.3 Å². The number of anilines is 1. The Morgan fingerprint density at radius 3 is 2.33 bits per heavy atom. The van der Waals surface area contributed by atoms with Crippen molar-refractivity contribution in [2.75, 3.05) is 5.73 Å². The number of nitrogens with two attached hydrogens (primary N) is 1. The Morgan fingerprint density at radius 1 is 0.852 bits per heavy atom. The van der Waals surface area contributed by atoms with Crippen LogP contribution in [0.15, 0.2) is 78.9 Å². The maximum absolute atomic E-state index is 9.63. The summed E-state index contributed by atoms with van der Waals surface area (Å²) >= 11 is 0. The van der Waals surface area contributed by atoms with Gasteiger partial charge in [0.25, 0.3) is 0 Å². The molecule has 0 aliphatic carbocycles. The molecule has 3 N–H and O–H groups in total. The number of aromatic nitrogens is 2. The largest absolute Gasteiger partial charge is 0.508 e. The van der Waals surface area contributed by atoms with Crippen LogP contribution in [0.4, 0.5) is 5.82 Å². The zero-order chi connectivity index (χ0) is 18.8. The van der Waals surface area contributed by atoms with Crippen LogP contribution in [0.25, 0.3) is 22.5 Å². The quantitative estimate of drug-likeness (QED) is 0.549. The van der Waals surface area contributed by atoms with E-state index in [-0.39, 0.29) is 5.75 Å². The Bertz CT molecular complexity index is 1080. The number of phenols is 1. The smallest absolute Gasteiger partial charge is 0.123 e. The van der Waals surface area contributed by atoms with Gasteiger partial charge in [-0.25, -0.2) is 4.98 Å². The number of pyridine rings is 1. The van der Waals surface area contributed by atoms with Crippen LogP contribution in [0, 0.1) is 6.92 Å². The minimum atomic E-state index is 0.258. The molecule has 0 aliphatic rings. The number of rotatable bonds is 4. The predicted octanol–water partition coefficient (Wildman–Crippen LogP) is 4.86. The highest BCUT2D eigenvalue weighted by Crippen LogP contribution is 2.32. The van der Waals surface area contributed by atoms with Gasteiger partial charge in [-0.3, -0.25) is 0 Å². The molecule has 0 aliphatic heterocycles. The van der Waals surface area contributed by atoms with E-state index >= 15 is 0 Å². The average molecular weight is 355 g/mol. The fourth-order valence-electron chi connectivity index (χ4n) is 3.37. The van der Waals surface area contributed by atoms with E-state index in [2.05, 4.69) is 46.8 Å². The Morgan fingerprint density at radius 2 is 1.59 bits per heavy atom. The summed E-state index contributed by atoms with van der Waals surface area (Å²) in [6.07, 6.45) is 0. The summed E-state index contributed by atoms with van der Waals surface area (Å²) in [7, 11) is 0.